The molecule has 92 valence electrons. The van der Waals surface area contributed by atoms with Gasteiger partial charge in [0.2, 0.25) is 0 Å². The number of hydrogen-bond acceptors (Lipinski definition) is 2. The van der Waals surface area contributed by atoms with Gasteiger partial charge in [0.1, 0.15) is 0 Å². The lowest BCUT2D eigenvalue weighted by Crippen LogP contribution is -2.45. The first-order chi connectivity index (χ1) is 8.05. The number of rotatable bonds is 4. The second-order valence-corrected chi connectivity index (χ2v) is 4.15. The molecular formula is C13H16O4. The summed E-state index contributed by atoms with van der Waals surface area (Å²) < 4.78 is 0. The Kier molecular flexibility index (Phi) is 4.33. The summed E-state index contributed by atoms with van der Waals surface area (Å²) in [5.74, 6) is 2.09. The summed E-state index contributed by atoms with van der Waals surface area (Å²) in [6, 6.07) is 0. The fourth-order valence-corrected chi connectivity index (χ4v) is 2.14. The van der Waals surface area contributed by atoms with Gasteiger partial charge in [0.25, 0.3) is 0 Å². The zero-order valence-corrected chi connectivity index (χ0v) is 9.77. The third-order valence-corrected chi connectivity index (χ3v) is 3.19. The van der Waals surface area contributed by atoms with Crippen molar-refractivity contribution < 1.29 is 19.8 Å². The molecule has 1 aliphatic rings. The molecule has 0 saturated carbocycles. The van der Waals surface area contributed by atoms with E-state index in [9.17, 15) is 19.8 Å². The molecule has 0 aromatic heterocycles. The van der Waals surface area contributed by atoms with Crippen molar-refractivity contribution in [2.75, 3.05) is 0 Å². The van der Waals surface area contributed by atoms with Crippen molar-refractivity contribution in [2.24, 2.45) is 11.3 Å². The topological polar surface area (TPSA) is 74.6 Å². The predicted molar refractivity (Wildman–Crippen MR) is 62.3 cm³/mol. The Bertz CT molecular complexity index is 383. The lowest BCUT2D eigenvalue weighted by Gasteiger charge is -2.31. The van der Waals surface area contributed by atoms with Crippen LogP contribution in [0.4, 0.5) is 0 Å². The minimum Gasteiger partial charge on any atom is -0.480 e. The summed E-state index contributed by atoms with van der Waals surface area (Å²) in [5, 5.41) is 18.6. The second-order valence-electron chi connectivity index (χ2n) is 4.15. The smallest absolute Gasteiger partial charge is 0.322 e. The van der Waals surface area contributed by atoms with Gasteiger partial charge in [0.15, 0.2) is 5.41 Å². The number of allylic oxidation sites excluding steroid dienone is 2. The summed E-state index contributed by atoms with van der Waals surface area (Å²) in [4.78, 5) is 22.8. The van der Waals surface area contributed by atoms with Gasteiger partial charge < -0.3 is 10.2 Å². The van der Waals surface area contributed by atoms with Crippen molar-refractivity contribution in [3.05, 3.63) is 12.2 Å². The molecule has 1 aliphatic carbocycles. The van der Waals surface area contributed by atoms with E-state index in [4.69, 9.17) is 0 Å². The van der Waals surface area contributed by atoms with Crippen LogP contribution in [0.2, 0.25) is 0 Å². The Balaban J connectivity index is 3.16. The number of aliphatic carboxylic acids is 2. The molecule has 0 heterocycles. The first-order valence-corrected chi connectivity index (χ1v) is 5.58. The summed E-state index contributed by atoms with van der Waals surface area (Å²) in [6.45, 7) is 1.57. The molecule has 1 atom stereocenters. The molecule has 0 spiro atoms. The van der Waals surface area contributed by atoms with Crippen LogP contribution in [0.15, 0.2) is 12.2 Å². The molecule has 0 saturated heterocycles. The molecule has 4 heteroatoms. The first-order valence-electron chi connectivity index (χ1n) is 5.58. The number of hydrogen-bond donors (Lipinski definition) is 2. The maximum Gasteiger partial charge on any atom is 0.322 e. The second kappa shape index (κ2) is 5.53. The van der Waals surface area contributed by atoms with Crippen LogP contribution in [-0.2, 0) is 9.59 Å². The van der Waals surface area contributed by atoms with Gasteiger partial charge in [-0.05, 0) is 26.2 Å². The highest BCUT2D eigenvalue weighted by atomic mass is 16.4. The minimum absolute atomic E-state index is 0.150. The van der Waals surface area contributed by atoms with Crippen molar-refractivity contribution in [1.29, 1.82) is 0 Å². The Labute approximate surface area is 100 Å². The van der Waals surface area contributed by atoms with Crippen LogP contribution < -0.4 is 0 Å². The zero-order chi connectivity index (χ0) is 12.9. The Morgan fingerprint density at radius 3 is 2.47 bits per heavy atom. The van der Waals surface area contributed by atoms with E-state index in [1.54, 1.807) is 13.0 Å². The SMILES string of the molecule is CC#CCC(C(=O)O)(C(=O)O)C1C=CCCC1. The monoisotopic (exact) mass is 236 g/mol. The molecular weight excluding hydrogens is 220 g/mol. The van der Waals surface area contributed by atoms with E-state index >= 15 is 0 Å². The molecule has 2 N–H and O–H groups in total. The van der Waals surface area contributed by atoms with Crippen LogP contribution in [0.5, 0.6) is 0 Å². The van der Waals surface area contributed by atoms with E-state index in [0.29, 0.717) is 6.42 Å². The number of carboxylic acid groups (broad SMARTS) is 2. The maximum atomic E-state index is 11.4. The molecule has 0 aromatic carbocycles. The first kappa shape index (κ1) is 13.3. The largest absolute Gasteiger partial charge is 0.480 e. The molecule has 1 rings (SSSR count). The molecule has 17 heavy (non-hydrogen) atoms. The van der Waals surface area contributed by atoms with E-state index in [1.165, 1.54) is 0 Å². The van der Waals surface area contributed by atoms with Crippen LogP contribution in [0.3, 0.4) is 0 Å². The molecule has 0 aliphatic heterocycles. The summed E-state index contributed by atoms with van der Waals surface area (Å²) in [6.07, 6.45) is 5.70. The van der Waals surface area contributed by atoms with Crippen molar-refractivity contribution >= 4 is 11.9 Å². The zero-order valence-electron chi connectivity index (χ0n) is 9.77. The van der Waals surface area contributed by atoms with E-state index in [0.717, 1.165) is 12.8 Å². The van der Waals surface area contributed by atoms with E-state index in [-0.39, 0.29) is 6.42 Å². The maximum absolute atomic E-state index is 11.4. The molecule has 0 fully saturated rings. The van der Waals surface area contributed by atoms with Gasteiger partial charge >= 0.3 is 11.9 Å². The van der Waals surface area contributed by atoms with Gasteiger partial charge in [0, 0.05) is 12.3 Å². The summed E-state index contributed by atoms with van der Waals surface area (Å²) in [7, 11) is 0. The highest BCUT2D eigenvalue weighted by Gasteiger charge is 2.51. The fourth-order valence-electron chi connectivity index (χ4n) is 2.14. The van der Waals surface area contributed by atoms with Crippen LogP contribution in [-0.4, -0.2) is 22.2 Å². The van der Waals surface area contributed by atoms with Gasteiger partial charge in [-0.25, -0.2) is 0 Å². The quantitative estimate of drug-likeness (QED) is 0.444. The number of carboxylic acids is 2. The molecule has 0 bridgehead atoms. The van der Waals surface area contributed by atoms with E-state index in [1.807, 2.05) is 6.08 Å². The molecule has 0 aromatic rings. The van der Waals surface area contributed by atoms with E-state index < -0.39 is 23.3 Å². The fraction of sp³-hybridized carbons (Fsp3) is 0.538. The van der Waals surface area contributed by atoms with Crippen molar-refractivity contribution in [2.45, 2.75) is 32.6 Å². The van der Waals surface area contributed by atoms with Crippen LogP contribution in [0.1, 0.15) is 32.6 Å². The standard InChI is InChI=1S/C13H16O4/c1-2-3-9-13(11(14)15,12(16)17)10-7-5-4-6-8-10/h5,7,10H,4,6,8-9H2,1H3,(H,14,15)(H,16,17). The van der Waals surface area contributed by atoms with Crippen LogP contribution in [0, 0.1) is 23.2 Å². The van der Waals surface area contributed by atoms with Crippen molar-refractivity contribution in [3.63, 3.8) is 0 Å². The molecule has 4 nitrogen and oxygen atoms in total. The van der Waals surface area contributed by atoms with Crippen molar-refractivity contribution in [3.8, 4) is 11.8 Å². The average molecular weight is 236 g/mol. The van der Waals surface area contributed by atoms with E-state index in [2.05, 4.69) is 11.8 Å². The molecule has 0 radical (unpaired) electrons. The lowest BCUT2D eigenvalue weighted by molar-refractivity contribution is -0.167. The van der Waals surface area contributed by atoms with Gasteiger partial charge in [-0.15, -0.1) is 11.8 Å². The van der Waals surface area contributed by atoms with Crippen LogP contribution >= 0.6 is 0 Å². The predicted octanol–water partition coefficient (Wildman–Crippen LogP) is 1.91. The third-order valence-electron chi connectivity index (χ3n) is 3.19. The van der Waals surface area contributed by atoms with Gasteiger partial charge in [-0.3, -0.25) is 9.59 Å². The van der Waals surface area contributed by atoms with Crippen molar-refractivity contribution in [1.82, 2.24) is 0 Å². The lowest BCUT2D eigenvalue weighted by atomic mass is 9.69. The van der Waals surface area contributed by atoms with Gasteiger partial charge in [-0.2, -0.15) is 0 Å². The summed E-state index contributed by atoms with van der Waals surface area (Å²) >= 11 is 0. The minimum atomic E-state index is -1.81. The van der Waals surface area contributed by atoms with Gasteiger partial charge in [0.05, 0.1) is 0 Å². The number of carbonyl (C=O) groups is 2. The normalized spacial score (nSPS) is 19.2. The highest BCUT2D eigenvalue weighted by molar-refractivity contribution is 5.99. The average Bonchev–Trinajstić information content (AvgIpc) is 2.30. The highest BCUT2D eigenvalue weighted by Crippen LogP contribution is 2.38. The Morgan fingerprint density at radius 1 is 1.41 bits per heavy atom. The van der Waals surface area contributed by atoms with Crippen LogP contribution in [0.25, 0.3) is 0 Å². The molecule has 1 unspecified atom stereocenters. The van der Waals surface area contributed by atoms with Gasteiger partial charge in [-0.1, -0.05) is 12.2 Å². The molecule has 0 amide bonds. The third kappa shape index (κ3) is 2.50. The Hall–Kier alpha value is -1.76. The summed E-state index contributed by atoms with van der Waals surface area (Å²) in [5.41, 5.74) is -1.81. The Morgan fingerprint density at radius 2 is 2.06 bits per heavy atom.